The number of amides is 3. The summed E-state index contributed by atoms with van der Waals surface area (Å²) in [5.74, 6) is -1.26. The first-order valence-electron chi connectivity index (χ1n) is 7.88. The van der Waals surface area contributed by atoms with E-state index in [2.05, 4.69) is 15.5 Å². The molecule has 2 aromatic rings. The molecule has 1 aliphatic heterocycles. The Morgan fingerprint density at radius 1 is 1.28 bits per heavy atom. The van der Waals surface area contributed by atoms with Gasteiger partial charge in [0, 0.05) is 18.7 Å². The molecule has 8 heteroatoms. The highest BCUT2D eigenvalue weighted by Gasteiger charge is 2.32. The van der Waals surface area contributed by atoms with Crippen molar-refractivity contribution in [2.45, 2.75) is 20.0 Å². The lowest BCUT2D eigenvalue weighted by Crippen LogP contribution is -2.41. The smallest absolute Gasteiger partial charge is 0.357 e. The molecule has 0 radical (unpaired) electrons. The van der Waals surface area contributed by atoms with E-state index in [-0.39, 0.29) is 12.2 Å². The number of H-pyrrole nitrogens is 1. The van der Waals surface area contributed by atoms with E-state index in [1.54, 1.807) is 6.07 Å². The van der Waals surface area contributed by atoms with Crippen LogP contribution in [-0.2, 0) is 9.53 Å². The molecule has 0 spiro atoms. The van der Waals surface area contributed by atoms with Gasteiger partial charge < -0.3 is 10.1 Å². The Morgan fingerprint density at radius 3 is 2.64 bits per heavy atom. The molecule has 130 valence electrons. The van der Waals surface area contributed by atoms with Gasteiger partial charge in [-0.25, -0.2) is 9.59 Å². The molecule has 8 nitrogen and oxygen atoms in total. The Labute approximate surface area is 144 Å². The van der Waals surface area contributed by atoms with Gasteiger partial charge in [-0.1, -0.05) is 29.8 Å². The Bertz CT molecular complexity index is 812. The third-order valence-corrected chi connectivity index (χ3v) is 3.90. The fourth-order valence-corrected chi connectivity index (χ4v) is 2.47. The van der Waals surface area contributed by atoms with E-state index in [0.29, 0.717) is 12.2 Å². The van der Waals surface area contributed by atoms with Crippen LogP contribution in [0, 0.1) is 6.92 Å². The molecule has 3 amide bonds. The quantitative estimate of drug-likeness (QED) is 0.819. The minimum atomic E-state index is -1.07. The molecule has 0 bridgehead atoms. The molecule has 1 aliphatic rings. The molecule has 0 aliphatic carbocycles. The number of nitrogens with one attached hydrogen (secondary N) is 2. The highest BCUT2D eigenvalue weighted by atomic mass is 16.5. The van der Waals surface area contributed by atoms with E-state index in [0.717, 1.165) is 16.0 Å². The average Bonchev–Trinajstić information content (AvgIpc) is 3.24. The van der Waals surface area contributed by atoms with Crippen molar-refractivity contribution in [2.75, 3.05) is 13.1 Å². The summed E-state index contributed by atoms with van der Waals surface area (Å²) < 4.78 is 5.15. The molecule has 25 heavy (non-hydrogen) atoms. The van der Waals surface area contributed by atoms with Gasteiger partial charge in [0.25, 0.3) is 5.91 Å². The summed E-state index contributed by atoms with van der Waals surface area (Å²) in [6, 6.07) is 8.79. The molecule has 1 fully saturated rings. The normalized spacial score (nSPS) is 15.0. The van der Waals surface area contributed by atoms with Gasteiger partial charge in [-0.3, -0.25) is 14.8 Å². The van der Waals surface area contributed by atoms with Crippen molar-refractivity contribution < 1.29 is 19.1 Å². The van der Waals surface area contributed by atoms with E-state index in [9.17, 15) is 14.4 Å². The molecule has 0 saturated carbocycles. The first kappa shape index (κ1) is 16.7. The summed E-state index contributed by atoms with van der Waals surface area (Å²) in [4.78, 5) is 36.9. The third kappa shape index (κ3) is 3.52. The van der Waals surface area contributed by atoms with Gasteiger partial charge in [0.05, 0.1) is 5.69 Å². The standard InChI is InChI=1S/C17H18N4O4/c1-10-3-5-12(6-4-10)13-9-14(20-19-13)16(23)25-11(2)15(22)21-8-7-18-17(21)24/h3-6,9,11H,7-8H2,1-2H3,(H,18,24)(H,19,20). The van der Waals surface area contributed by atoms with Gasteiger partial charge in [-0.15, -0.1) is 0 Å². The van der Waals surface area contributed by atoms with Crippen molar-refractivity contribution in [3.8, 4) is 11.3 Å². The second kappa shape index (κ2) is 6.76. The fourth-order valence-electron chi connectivity index (χ4n) is 2.47. The second-order valence-corrected chi connectivity index (χ2v) is 5.80. The van der Waals surface area contributed by atoms with Crippen molar-refractivity contribution >= 4 is 17.9 Å². The number of imide groups is 1. The number of benzene rings is 1. The van der Waals surface area contributed by atoms with Crippen molar-refractivity contribution in [1.29, 1.82) is 0 Å². The Morgan fingerprint density at radius 2 is 2.00 bits per heavy atom. The number of rotatable bonds is 4. The number of hydrogen-bond donors (Lipinski definition) is 2. The van der Waals surface area contributed by atoms with Crippen LogP contribution in [0.25, 0.3) is 11.3 Å². The summed E-state index contributed by atoms with van der Waals surface area (Å²) in [7, 11) is 0. The van der Waals surface area contributed by atoms with Crippen LogP contribution < -0.4 is 5.32 Å². The Hall–Kier alpha value is -3.16. The maximum atomic E-state index is 12.2. The van der Waals surface area contributed by atoms with E-state index in [1.807, 2.05) is 31.2 Å². The van der Waals surface area contributed by atoms with Crippen molar-refractivity contribution in [1.82, 2.24) is 20.4 Å². The number of aromatic nitrogens is 2. The summed E-state index contributed by atoms with van der Waals surface area (Å²) in [5, 5.41) is 9.23. The van der Waals surface area contributed by atoms with Gasteiger partial charge in [0.2, 0.25) is 0 Å². The highest BCUT2D eigenvalue weighted by Crippen LogP contribution is 2.19. The van der Waals surface area contributed by atoms with Crippen LogP contribution >= 0.6 is 0 Å². The first-order valence-corrected chi connectivity index (χ1v) is 7.88. The third-order valence-electron chi connectivity index (χ3n) is 3.90. The lowest BCUT2D eigenvalue weighted by molar-refractivity contribution is -0.136. The number of carbonyl (C=O) groups excluding carboxylic acids is 3. The molecule has 3 rings (SSSR count). The minimum absolute atomic E-state index is 0.140. The molecular formula is C17H18N4O4. The van der Waals surface area contributed by atoms with Gasteiger partial charge in [-0.2, -0.15) is 5.10 Å². The van der Waals surface area contributed by atoms with Gasteiger partial charge >= 0.3 is 12.0 Å². The zero-order chi connectivity index (χ0) is 18.0. The van der Waals surface area contributed by atoms with Crippen LogP contribution in [0.5, 0.6) is 0 Å². The molecule has 2 heterocycles. The number of aromatic amines is 1. The number of nitrogens with zero attached hydrogens (tertiary/aromatic N) is 2. The molecule has 1 aromatic carbocycles. The maximum absolute atomic E-state index is 12.2. The SMILES string of the molecule is Cc1ccc(-c2cc(C(=O)OC(C)C(=O)N3CCNC3=O)[nH]n2)cc1. The van der Waals surface area contributed by atoms with Crippen molar-refractivity contribution in [2.24, 2.45) is 0 Å². The number of hydrogen-bond acceptors (Lipinski definition) is 5. The molecule has 1 atom stereocenters. The molecule has 1 unspecified atom stereocenters. The first-order chi connectivity index (χ1) is 12.0. The molecule has 1 aromatic heterocycles. The van der Waals surface area contributed by atoms with E-state index >= 15 is 0 Å². The topological polar surface area (TPSA) is 104 Å². The number of ether oxygens (including phenoxy) is 1. The molecular weight excluding hydrogens is 324 g/mol. The summed E-state index contributed by atoms with van der Waals surface area (Å²) in [6.07, 6.45) is -1.07. The van der Waals surface area contributed by atoms with E-state index < -0.39 is 24.0 Å². The monoisotopic (exact) mass is 342 g/mol. The minimum Gasteiger partial charge on any atom is -0.448 e. The molecule has 1 saturated heterocycles. The molecule has 2 N–H and O–H groups in total. The van der Waals surface area contributed by atoms with Crippen LogP contribution in [0.1, 0.15) is 23.0 Å². The summed E-state index contributed by atoms with van der Waals surface area (Å²) >= 11 is 0. The van der Waals surface area contributed by atoms with E-state index in [1.165, 1.54) is 6.92 Å². The van der Waals surface area contributed by atoms with Crippen molar-refractivity contribution in [3.05, 3.63) is 41.6 Å². The van der Waals surface area contributed by atoms with Gasteiger partial charge in [0.15, 0.2) is 6.10 Å². The van der Waals surface area contributed by atoms with Crippen LogP contribution in [0.3, 0.4) is 0 Å². The Balaban J connectivity index is 1.66. The predicted octanol–water partition coefficient (Wildman–Crippen LogP) is 1.48. The number of carbonyl (C=O) groups is 3. The van der Waals surface area contributed by atoms with Crippen LogP contribution in [0.2, 0.25) is 0 Å². The van der Waals surface area contributed by atoms with Crippen LogP contribution in [0.15, 0.2) is 30.3 Å². The van der Waals surface area contributed by atoms with Gasteiger partial charge in [-0.05, 0) is 19.9 Å². The second-order valence-electron chi connectivity index (χ2n) is 5.80. The number of esters is 1. The summed E-state index contributed by atoms with van der Waals surface area (Å²) in [6.45, 7) is 4.08. The summed E-state index contributed by atoms with van der Waals surface area (Å²) in [5.41, 5.74) is 2.72. The zero-order valence-electron chi connectivity index (χ0n) is 13.9. The zero-order valence-corrected chi connectivity index (χ0v) is 13.9. The van der Waals surface area contributed by atoms with Crippen LogP contribution in [-0.4, -0.2) is 52.2 Å². The Kier molecular flexibility index (Phi) is 4.51. The van der Waals surface area contributed by atoms with Crippen LogP contribution in [0.4, 0.5) is 4.79 Å². The lowest BCUT2D eigenvalue weighted by atomic mass is 10.1. The lowest BCUT2D eigenvalue weighted by Gasteiger charge is -2.17. The highest BCUT2D eigenvalue weighted by molar-refractivity contribution is 5.99. The van der Waals surface area contributed by atoms with E-state index in [4.69, 9.17) is 4.74 Å². The number of urea groups is 1. The maximum Gasteiger partial charge on any atom is 0.357 e. The largest absolute Gasteiger partial charge is 0.448 e. The predicted molar refractivity (Wildman–Crippen MR) is 88.7 cm³/mol. The number of aryl methyl sites for hydroxylation is 1. The fraction of sp³-hybridized carbons (Fsp3) is 0.294. The van der Waals surface area contributed by atoms with Crippen molar-refractivity contribution in [3.63, 3.8) is 0 Å². The average molecular weight is 342 g/mol. The van der Waals surface area contributed by atoms with Gasteiger partial charge in [0.1, 0.15) is 5.69 Å².